The first-order valence-electron chi connectivity index (χ1n) is 7.86. The van der Waals surface area contributed by atoms with Gasteiger partial charge >= 0.3 is 0 Å². The highest BCUT2D eigenvalue weighted by Gasteiger charge is 2.33. The predicted molar refractivity (Wildman–Crippen MR) is 82.0 cm³/mol. The van der Waals surface area contributed by atoms with Crippen LogP contribution in [0.15, 0.2) is 29.4 Å². The van der Waals surface area contributed by atoms with E-state index < -0.39 is 6.10 Å². The highest BCUT2D eigenvalue weighted by Crippen LogP contribution is 2.21. The van der Waals surface area contributed by atoms with Crippen LogP contribution in [0.4, 0.5) is 4.39 Å². The molecule has 1 aromatic rings. The molecule has 1 aromatic carbocycles. The Balaban J connectivity index is 1.54. The average Bonchev–Trinajstić information content (AvgIpc) is 2.97. The number of benzene rings is 1. The summed E-state index contributed by atoms with van der Waals surface area (Å²) in [5.74, 6) is 0.351. The molecule has 1 fully saturated rings. The lowest BCUT2D eigenvalue weighted by Gasteiger charge is -2.32. The van der Waals surface area contributed by atoms with Gasteiger partial charge in [0.1, 0.15) is 5.82 Å². The number of hydrogen-bond donors (Lipinski definition) is 0. The van der Waals surface area contributed by atoms with Gasteiger partial charge in [0.05, 0.1) is 5.71 Å². The maximum atomic E-state index is 12.9. The van der Waals surface area contributed by atoms with Crippen LogP contribution in [0.3, 0.4) is 0 Å². The molecule has 2 aliphatic rings. The third-order valence-electron chi connectivity index (χ3n) is 4.30. The standard InChI is InChI=1S/C17H21FN2O2/c1-12-3-2-8-20(11-12)17(21)16-10-15(19-22-16)9-13-4-6-14(18)7-5-13/h4-7,12,16H,2-3,8-11H2,1H3/t12-,16+/m0/s1. The van der Waals surface area contributed by atoms with Gasteiger partial charge in [0.25, 0.3) is 5.91 Å². The van der Waals surface area contributed by atoms with E-state index in [4.69, 9.17) is 4.84 Å². The van der Waals surface area contributed by atoms with Gasteiger partial charge in [-0.15, -0.1) is 0 Å². The molecule has 22 heavy (non-hydrogen) atoms. The number of piperidine rings is 1. The number of carbonyl (C=O) groups excluding carboxylic acids is 1. The molecule has 5 heteroatoms. The number of nitrogens with zero attached hydrogens (tertiary/aromatic N) is 2. The Labute approximate surface area is 129 Å². The molecule has 4 nitrogen and oxygen atoms in total. The van der Waals surface area contributed by atoms with Gasteiger partial charge in [0, 0.05) is 25.9 Å². The fourth-order valence-corrected chi connectivity index (χ4v) is 3.09. The van der Waals surface area contributed by atoms with Gasteiger partial charge in [-0.05, 0) is 36.5 Å². The second-order valence-electron chi connectivity index (χ2n) is 6.29. The molecule has 3 rings (SSSR count). The molecule has 2 aliphatic heterocycles. The van der Waals surface area contributed by atoms with Crippen LogP contribution in [0.25, 0.3) is 0 Å². The van der Waals surface area contributed by atoms with E-state index in [9.17, 15) is 9.18 Å². The molecule has 118 valence electrons. The Morgan fingerprint density at radius 1 is 1.41 bits per heavy atom. The average molecular weight is 304 g/mol. The van der Waals surface area contributed by atoms with Gasteiger partial charge in [-0.3, -0.25) is 4.79 Å². The zero-order chi connectivity index (χ0) is 15.5. The molecule has 2 atom stereocenters. The van der Waals surface area contributed by atoms with Crippen molar-refractivity contribution in [2.45, 2.75) is 38.7 Å². The number of oxime groups is 1. The topological polar surface area (TPSA) is 41.9 Å². The summed E-state index contributed by atoms with van der Waals surface area (Å²) >= 11 is 0. The van der Waals surface area contributed by atoms with Crippen molar-refractivity contribution >= 4 is 11.6 Å². The summed E-state index contributed by atoms with van der Waals surface area (Å²) in [5, 5.41) is 4.05. The van der Waals surface area contributed by atoms with E-state index in [2.05, 4.69) is 12.1 Å². The summed E-state index contributed by atoms with van der Waals surface area (Å²) in [6.45, 7) is 3.80. The third kappa shape index (κ3) is 3.46. The van der Waals surface area contributed by atoms with Crippen molar-refractivity contribution in [2.75, 3.05) is 13.1 Å². The van der Waals surface area contributed by atoms with Crippen molar-refractivity contribution < 1.29 is 14.0 Å². The molecule has 0 spiro atoms. The van der Waals surface area contributed by atoms with Crippen LogP contribution in [-0.2, 0) is 16.1 Å². The van der Waals surface area contributed by atoms with Crippen LogP contribution < -0.4 is 0 Å². The van der Waals surface area contributed by atoms with Gasteiger partial charge in [0.2, 0.25) is 6.10 Å². The lowest BCUT2D eigenvalue weighted by molar-refractivity contribution is -0.143. The molecule has 0 bridgehead atoms. The normalized spacial score (nSPS) is 24.8. The first kappa shape index (κ1) is 15.0. The number of hydrogen-bond acceptors (Lipinski definition) is 3. The van der Waals surface area contributed by atoms with E-state index >= 15 is 0 Å². The second kappa shape index (κ2) is 6.46. The van der Waals surface area contributed by atoms with E-state index in [1.165, 1.54) is 18.6 Å². The Kier molecular flexibility index (Phi) is 4.41. The van der Waals surface area contributed by atoms with E-state index in [0.717, 1.165) is 30.8 Å². The number of amides is 1. The van der Waals surface area contributed by atoms with Crippen LogP contribution in [0.1, 0.15) is 31.7 Å². The molecule has 1 saturated heterocycles. The fourth-order valence-electron chi connectivity index (χ4n) is 3.09. The van der Waals surface area contributed by atoms with Gasteiger partial charge in [-0.1, -0.05) is 24.2 Å². The van der Waals surface area contributed by atoms with E-state index in [1.54, 1.807) is 12.1 Å². The van der Waals surface area contributed by atoms with Crippen LogP contribution in [-0.4, -0.2) is 35.7 Å². The SMILES string of the molecule is C[C@H]1CCCN(C(=O)[C@H]2CC(Cc3ccc(F)cc3)=NO2)C1. The molecule has 1 amide bonds. The molecule has 0 unspecified atom stereocenters. The maximum Gasteiger partial charge on any atom is 0.266 e. The first-order chi connectivity index (χ1) is 10.6. The summed E-state index contributed by atoms with van der Waals surface area (Å²) in [6.07, 6.45) is 2.88. The van der Waals surface area contributed by atoms with Gasteiger partial charge in [-0.25, -0.2) is 4.39 Å². The maximum absolute atomic E-state index is 12.9. The molecular weight excluding hydrogens is 283 g/mol. The summed E-state index contributed by atoms with van der Waals surface area (Å²) < 4.78 is 12.9. The first-order valence-corrected chi connectivity index (χ1v) is 7.86. The Morgan fingerprint density at radius 3 is 2.91 bits per heavy atom. The van der Waals surface area contributed by atoms with Crippen LogP contribution in [0.2, 0.25) is 0 Å². The molecular formula is C17H21FN2O2. The zero-order valence-corrected chi connectivity index (χ0v) is 12.8. The largest absolute Gasteiger partial charge is 0.382 e. The second-order valence-corrected chi connectivity index (χ2v) is 6.29. The monoisotopic (exact) mass is 304 g/mol. The molecule has 0 aliphatic carbocycles. The van der Waals surface area contributed by atoms with E-state index in [0.29, 0.717) is 18.8 Å². The van der Waals surface area contributed by atoms with Crippen molar-refractivity contribution in [3.63, 3.8) is 0 Å². The highest BCUT2D eigenvalue weighted by atomic mass is 19.1. The quantitative estimate of drug-likeness (QED) is 0.861. The molecule has 2 heterocycles. The van der Waals surface area contributed by atoms with Crippen molar-refractivity contribution in [2.24, 2.45) is 11.1 Å². The Bertz CT molecular complexity index is 571. The number of likely N-dealkylation sites (tertiary alicyclic amines) is 1. The van der Waals surface area contributed by atoms with Gasteiger partial charge in [-0.2, -0.15) is 0 Å². The van der Waals surface area contributed by atoms with Crippen molar-refractivity contribution in [1.82, 2.24) is 4.90 Å². The molecule has 0 saturated carbocycles. The fraction of sp³-hybridized carbons (Fsp3) is 0.529. The van der Waals surface area contributed by atoms with Crippen LogP contribution >= 0.6 is 0 Å². The van der Waals surface area contributed by atoms with Crippen molar-refractivity contribution in [3.8, 4) is 0 Å². The summed E-state index contributed by atoms with van der Waals surface area (Å²) in [7, 11) is 0. The minimum absolute atomic E-state index is 0.0457. The van der Waals surface area contributed by atoms with Crippen molar-refractivity contribution in [1.29, 1.82) is 0 Å². The van der Waals surface area contributed by atoms with Gasteiger partial charge < -0.3 is 9.74 Å². The minimum Gasteiger partial charge on any atom is -0.382 e. The number of rotatable bonds is 3. The van der Waals surface area contributed by atoms with Gasteiger partial charge in [0.15, 0.2) is 0 Å². The molecule has 0 radical (unpaired) electrons. The third-order valence-corrected chi connectivity index (χ3v) is 4.30. The smallest absolute Gasteiger partial charge is 0.266 e. The number of halogens is 1. The van der Waals surface area contributed by atoms with Crippen LogP contribution in [0.5, 0.6) is 0 Å². The Hall–Kier alpha value is -1.91. The van der Waals surface area contributed by atoms with Crippen molar-refractivity contribution in [3.05, 3.63) is 35.6 Å². The van der Waals surface area contributed by atoms with Crippen LogP contribution in [0, 0.1) is 11.7 Å². The predicted octanol–water partition coefficient (Wildman–Crippen LogP) is 2.77. The van der Waals surface area contributed by atoms with E-state index in [-0.39, 0.29) is 11.7 Å². The lowest BCUT2D eigenvalue weighted by atomic mass is 9.99. The minimum atomic E-state index is -0.485. The Morgan fingerprint density at radius 2 is 2.18 bits per heavy atom. The zero-order valence-electron chi connectivity index (χ0n) is 12.8. The summed E-state index contributed by atoms with van der Waals surface area (Å²) in [6, 6.07) is 6.34. The lowest BCUT2D eigenvalue weighted by Crippen LogP contribution is -2.44. The summed E-state index contributed by atoms with van der Waals surface area (Å²) in [5.41, 5.74) is 1.82. The molecule has 0 aromatic heterocycles. The van der Waals surface area contributed by atoms with E-state index in [1.807, 2.05) is 4.90 Å². The number of carbonyl (C=O) groups is 1. The highest BCUT2D eigenvalue weighted by molar-refractivity contribution is 5.94. The summed E-state index contributed by atoms with van der Waals surface area (Å²) in [4.78, 5) is 19.7. The molecule has 0 N–H and O–H groups in total.